The number of carbonyl (C=O) groups excluding carboxylic acids is 2. The van der Waals surface area contributed by atoms with Crippen molar-refractivity contribution >= 4 is 34.3 Å². The summed E-state index contributed by atoms with van der Waals surface area (Å²) in [7, 11) is 1.59. The minimum absolute atomic E-state index is 0.0315. The van der Waals surface area contributed by atoms with Crippen molar-refractivity contribution < 1.29 is 19.1 Å². The summed E-state index contributed by atoms with van der Waals surface area (Å²) in [6.07, 6.45) is 5.02. The van der Waals surface area contributed by atoms with Gasteiger partial charge in [-0.3, -0.25) is 14.0 Å². The predicted octanol–water partition coefficient (Wildman–Crippen LogP) is 4.23. The number of aromatic nitrogens is 2. The van der Waals surface area contributed by atoms with E-state index < -0.39 is 6.04 Å². The van der Waals surface area contributed by atoms with Crippen LogP contribution in [0.25, 0.3) is 11.0 Å². The lowest BCUT2D eigenvalue weighted by Gasteiger charge is -2.19. The third kappa shape index (κ3) is 5.73. The lowest BCUT2D eigenvalue weighted by molar-refractivity contribution is -0.148. The van der Waals surface area contributed by atoms with Crippen LogP contribution < -0.4 is 10.1 Å². The smallest absolute Gasteiger partial charge is 0.308 e. The molecule has 0 radical (unpaired) electrons. The van der Waals surface area contributed by atoms with Crippen LogP contribution in [0.2, 0.25) is 0 Å². The maximum Gasteiger partial charge on any atom is 0.308 e. The van der Waals surface area contributed by atoms with E-state index in [1.54, 1.807) is 50.5 Å². The Morgan fingerprint density at radius 1 is 1.23 bits per heavy atom. The molecule has 3 rings (SSSR count). The minimum Gasteiger partial charge on any atom is -0.497 e. The van der Waals surface area contributed by atoms with Gasteiger partial charge in [0.15, 0.2) is 4.96 Å². The number of hydrogen-bond acceptors (Lipinski definition) is 6. The molecule has 0 spiro atoms. The number of ether oxygens (including phenoxy) is 2. The molecule has 0 aliphatic rings. The van der Waals surface area contributed by atoms with Crippen LogP contribution in [0.3, 0.4) is 0 Å². The van der Waals surface area contributed by atoms with E-state index in [4.69, 9.17) is 9.47 Å². The molecular formula is C23H27N3O4S. The summed E-state index contributed by atoms with van der Waals surface area (Å²) >= 11 is 1.60. The average molecular weight is 442 g/mol. The zero-order valence-electron chi connectivity index (χ0n) is 18.3. The molecule has 0 fully saturated rings. The zero-order chi connectivity index (χ0) is 22.5. The Morgan fingerprint density at radius 2 is 1.94 bits per heavy atom. The third-order valence-electron chi connectivity index (χ3n) is 4.63. The molecule has 1 atom stereocenters. The summed E-state index contributed by atoms with van der Waals surface area (Å²) in [6.45, 7) is 7.52. The van der Waals surface area contributed by atoms with Crippen LogP contribution in [-0.2, 0) is 14.3 Å². The predicted molar refractivity (Wildman–Crippen MR) is 121 cm³/mol. The van der Waals surface area contributed by atoms with Crippen molar-refractivity contribution in [3.05, 3.63) is 58.4 Å². The Bertz CT molecular complexity index is 1100. The van der Waals surface area contributed by atoms with Gasteiger partial charge in [0.2, 0.25) is 5.91 Å². The largest absolute Gasteiger partial charge is 0.497 e. The highest BCUT2D eigenvalue weighted by atomic mass is 32.1. The second-order valence-corrected chi connectivity index (χ2v) is 8.70. The molecule has 1 N–H and O–H groups in total. The van der Waals surface area contributed by atoms with Gasteiger partial charge >= 0.3 is 5.97 Å². The molecule has 1 unspecified atom stereocenters. The van der Waals surface area contributed by atoms with Crippen LogP contribution in [-0.4, -0.2) is 34.5 Å². The molecule has 164 valence electrons. The van der Waals surface area contributed by atoms with Gasteiger partial charge in [-0.25, -0.2) is 4.98 Å². The van der Waals surface area contributed by atoms with Gasteiger partial charge in [-0.2, -0.15) is 0 Å². The number of methoxy groups -OCH3 is 1. The van der Waals surface area contributed by atoms with Gasteiger partial charge in [0.25, 0.3) is 0 Å². The van der Waals surface area contributed by atoms with E-state index in [9.17, 15) is 9.59 Å². The first-order valence-corrected chi connectivity index (χ1v) is 10.9. The minimum atomic E-state index is -0.524. The summed E-state index contributed by atoms with van der Waals surface area (Å²) in [6, 6.07) is 6.72. The number of thiazole rings is 1. The van der Waals surface area contributed by atoms with E-state index in [0.29, 0.717) is 5.75 Å². The molecule has 0 aliphatic carbocycles. The summed E-state index contributed by atoms with van der Waals surface area (Å²) in [5.41, 5.74) is 2.50. The molecule has 7 nitrogen and oxygen atoms in total. The number of nitrogens with zero attached hydrogens (tertiary/aromatic N) is 2. The van der Waals surface area contributed by atoms with Crippen molar-refractivity contribution in [2.75, 3.05) is 7.11 Å². The second kappa shape index (κ2) is 9.78. The highest BCUT2D eigenvalue weighted by Crippen LogP contribution is 2.23. The Kier molecular flexibility index (Phi) is 7.12. The van der Waals surface area contributed by atoms with Gasteiger partial charge in [0.05, 0.1) is 37.1 Å². The average Bonchev–Trinajstić information content (AvgIpc) is 3.19. The third-order valence-corrected chi connectivity index (χ3v) is 5.53. The molecule has 0 bridgehead atoms. The lowest BCUT2D eigenvalue weighted by Crippen LogP contribution is -2.29. The van der Waals surface area contributed by atoms with E-state index in [0.717, 1.165) is 26.8 Å². The molecule has 8 heteroatoms. The van der Waals surface area contributed by atoms with Gasteiger partial charge in [-0.1, -0.05) is 12.1 Å². The number of esters is 1. The van der Waals surface area contributed by atoms with Crippen molar-refractivity contribution in [1.82, 2.24) is 14.7 Å². The first-order chi connectivity index (χ1) is 14.8. The van der Waals surface area contributed by atoms with E-state index >= 15 is 0 Å². The fourth-order valence-electron chi connectivity index (χ4n) is 3.22. The monoisotopic (exact) mass is 441 g/mol. The Labute approximate surface area is 185 Å². The number of rotatable bonds is 8. The highest BCUT2D eigenvalue weighted by Gasteiger charge is 2.20. The van der Waals surface area contributed by atoms with Crippen molar-refractivity contribution in [2.45, 2.75) is 46.3 Å². The van der Waals surface area contributed by atoms with E-state index in [1.165, 1.54) is 6.08 Å². The summed E-state index contributed by atoms with van der Waals surface area (Å²) in [5, 5.41) is 2.92. The number of fused-ring (bicyclic) bond motifs is 1. The fraction of sp³-hybridized carbons (Fsp3) is 0.348. The molecule has 3 aromatic rings. The van der Waals surface area contributed by atoms with Crippen molar-refractivity contribution in [3.63, 3.8) is 0 Å². The van der Waals surface area contributed by atoms with E-state index in [2.05, 4.69) is 10.3 Å². The van der Waals surface area contributed by atoms with Gasteiger partial charge in [-0.05, 0) is 51.5 Å². The molecule has 0 aliphatic heterocycles. The molecular weight excluding hydrogens is 414 g/mol. The molecule has 1 aromatic carbocycles. The molecule has 1 amide bonds. The molecule has 0 saturated carbocycles. The zero-order valence-corrected chi connectivity index (χ0v) is 19.2. The maximum atomic E-state index is 12.7. The number of nitrogens with one attached hydrogen (secondary N) is 1. The van der Waals surface area contributed by atoms with Crippen molar-refractivity contribution in [3.8, 4) is 5.75 Å². The Hall–Kier alpha value is -3.13. The van der Waals surface area contributed by atoms with E-state index in [1.807, 2.05) is 36.6 Å². The van der Waals surface area contributed by atoms with Crippen LogP contribution in [0.5, 0.6) is 5.75 Å². The standard InChI is InChI=1S/C23H27N3O4S/c1-14(2)30-22(28)12-19(17-6-8-18(29-5)9-7-17)25-21(27)11-10-20-16(4)24-23-26(20)13-15(3)31-23/h6-11,13-14,19H,12H2,1-5H3,(H,25,27)/b11-10+. The van der Waals surface area contributed by atoms with E-state index in [-0.39, 0.29) is 24.4 Å². The van der Waals surface area contributed by atoms with Gasteiger partial charge < -0.3 is 14.8 Å². The molecule has 2 aromatic heterocycles. The summed E-state index contributed by atoms with van der Waals surface area (Å²) in [4.78, 5) is 31.5. The van der Waals surface area contributed by atoms with Gasteiger partial charge in [0, 0.05) is 17.2 Å². The fourth-order valence-corrected chi connectivity index (χ4v) is 4.10. The van der Waals surface area contributed by atoms with Crippen LogP contribution in [0.4, 0.5) is 0 Å². The van der Waals surface area contributed by atoms with Crippen LogP contribution in [0, 0.1) is 13.8 Å². The van der Waals surface area contributed by atoms with Crippen LogP contribution in [0.15, 0.2) is 36.5 Å². The maximum absolute atomic E-state index is 12.7. The number of benzene rings is 1. The second-order valence-electron chi connectivity index (χ2n) is 7.49. The Morgan fingerprint density at radius 3 is 2.58 bits per heavy atom. The normalized spacial score (nSPS) is 12.5. The topological polar surface area (TPSA) is 81.9 Å². The number of carbonyl (C=O) groups is 2. The number of amides is 1. The number of hydrogen-bond donors (Lipinski definition) is 1. The number of imidazole rings is 1. The summed E-state index contributed by atoms with van der Waals surface area (Å²) < 4.78 is 12.4. The number of aryl methyl sites for hydroxylation is 2. The van der Waals surface area contributed by atoms with Gasteiger partial charge in [0.1, 0.15) is 5.75 Å². The Balaban J connectivity index is 1.78. The highest BCUT2D eigenvalue weighted by molar-refractivity contribution is 7.17. The summed E-state index contributed by atoms with van der Waals surface area (Å²) in [5.74, 6) is 0.0198. The quantitative estimate of drug-likeness (QED) is 0.418. The lowest BCUT2D eigenvalue weighted by atomic mass is 10.0. The molecule has 2 heterocycles. The van der Waals surface area contributed by atoms with Crippen molar-refractivity contribution in [2.24, 2.45) is 0 Å². The SMILES string of the molecule is COc1ccc(C(CC(=O)OC(C)C)NC(=O)/C=C/c2c(C)nc3sc(C)cn23)cc1. The van der Waals surface area contributed by atoms with Gasteiger partial charge in [-0.15, -0.1) is 11.3 Å². The van der Waals surface area contributed by atoms with Crippen molar-refractivity contribution in [1.29, 1.82) is 0 Å². The van der Waals surface area contributed by atoms with Crippen LogP contribution >= 0.6 is 11.3 Å². The van der Waals surface area contributed by atoms with Crippen LogP contribution in [0.1, 0.15) is 48.1 Å². The molecule has 0 saturated heterocycles. The first-order valence-electron chi connectivity index (χ1n) is 10.0. The molecule has 31 heavy (non-hydrogen) atoms. The first kappa shape index (κ1) is 22.6.